The van der Waals surface area contributed by atoms with E-state index in [0.717, 1.165) is 5.56 Å². The normalized spacial score (nSPS) is 9.90. The Morgan fingerprint density at radius 3 is 2.43 bits per heavy atom. The molecule has 21 heavy (non-hydrogen) atoms. The highest BCUT2D eigenvalue weighted by molar-refractivity contribution is 5.94. The molecule has 0 spiro atoms. The molecule has 0 bridgehead atoms. The molecule has 0 unspecified atom stereocenters. The number of phenols is 1. The van der Waals surface area contributed by atoms with Gasteiger partial charge in [-0.25, -0.2) is 0 Å². The Labute approximate surface area is 122 Å². The second-order valence-electron chi connectivity index (χ2n) is 4.54. The lowest BCUT2D eigenvalue weighted by atomic mass is 10.1. The summed E-state index contributed by atoms with van der Waals surface area (Å²) in [5.74, 6) is -0.491. The minimum atomic E-state index is -0.345. The van der Waals surface area contributed by atoms with Gasteiger partial charge in [0.05, 0.1) is 13.0 Å². The highest BCUT2D eigenvalue weighted by Gasteiger charge is 2.07. The molecule has 3 N–H and O–H groups in total. The largest absolute Gasteiger partial charge is 0.508 e. The van der Waals surface area contributed by atoms with Crippen molar-refractivity contribution < 1.29 is 14.7 Å². The molecule has 2 amide bonds. The zero-order chi connectivity index (χ0) is 15.1. The number of anilines is 1. The summed E-state index contributed by atoms with van der Waals surface area (Å²) in [7, 11) is 0. The molecule has 0 saturated heterocycles. The lowest BCUT2D eigenvalue weighted by Crippen LogP contribution is -2.33. The van der Waals surface area contributed by atoms with Crippen molar-refractivity contribution in [2.75, 3.05) is 11.9 Å². The van der Waals surface area contributed by atoms with Crippen LogP contribution >= 0.6 is 0 Å². The summed E-state index contributed by atoms with van der Waals surface area (Å²) in [6.45, 7) is -0.110. The van der Waals surface area contributed by atoms with Crippen molar-refractivity contribution in [2.24, 2.45) is 0 Å². The van der Waals surface area contributed by atoms with E-state index in [0.29, 0.717) is 5.69 Å². The first kappa shape index (κ1) is 14.6. The van der Waals surface area contributed by atoms with Crippen molar-refractivity contribution in [3.8, 4) is 5.75 Å². The Hall–Kier alpha value is -2.82. The van der Waals surface area contributed by atoms with Gasteiger partial charge >= 0.3 is 0 Å². The molecule has 5 heteroatoms. The molecule has 0 saturated carbocycles. The molecule has 0 aliphatic carbocycles. The number of aromatic hydroxyl groups is 1. The topological polar surface area (TPSA) is 78.4 Å². The van der Waals surface area contributed by atoms with E-state index in [9.17, 15) is 14.7 Å². The summed E-state index contributed by atoms with van der Waals surface area (Å²) in [6.07, 6.45) is 0.236. The molecule has 0 fully saturated rings. The second kappa shape index (κ2) is 7.09. The van der Waals surface area contributed by atoms with Crippen LogP contribution in [0.4, 0.5) is 5.69 Å². The van der Waals surface area contributed by atoms with Gasteiger partial charge in [0.2, 0.25) is 11.8 Å². The number of phenolic OH excluding ortho intramolecular Hbond substituents is 1. The van der Waals surface area contributed by atoms with Crippen LogP contribution in [-0.4, -0.2) is 23.5 Å². The van der Waals surface area contributed by atoms with E-state index < -0.39 is 0 Å². The smallest absolute Gasteiger partial charge is 0.243 e. The van der Waals surface area contributed by atoms with Gasteiger partial charge in [-0.05, 0) is 17.7 Å². The fourth-order valence-electron chi connectivity index (χ4n) is 1.81. The molecule has 2 rings (SSSR count). The Bertz CT molecular complexity index is 626. The van der Waals surface area contributed by atoms with Crippen LogP contribution in [0.5, 0.6) is 5.75 Å². The molecule has 0 radical (unpaired) electrons. The minimum absolute atomic E-state index is 0.0703. The summed E-state index contributed by atoms with van der Waals surface area (Å²) >= 11 is 0. The molecule has 108 valence electrons. The van der Waals surface area contributed by atoms with Crippen molar-refractivity contribution in [1.29, 1.82) is 0 Å². The SMILES string of the molecule is O=C(Cc1ccccc1)NCC(=O)Nc1cccc(O)c1. The molecule has 2 aromatic rings. The third kappa shape index (κ3) is 4.99. The first-order valence-corrected chi connectivity index (χ1v) is 6.53. The van der Waals surface area contributed by atoms with Crippen LogP contribution < -0.4 is 10.6 Å². The fraction of sp³-hybridized carbons (Fsp3) is 0.125. The van der Waals surface area contributed by atoms with E-state index >= 15 is 0 Å². The maximum atomic E-state index is 11.7. The van der Waals surface area contributed by atoms with E-state index in [-0.39, 0.29) is 30.5 Å². The predicted octanol–water partition coefficient (Wildman–Crippen LogP) is 1.69. The maximum absolute atomic E-state index is 11.7. The number of rotatable bonds is 5. The lowest BCUT2D eigenvalue weighted by molar-refractivity contribution is -0.123. The summed E-state index contributed by atoms with van der Waals surface area (Å²) < 4.78 is 0. The average molecular weight is 284 g/mol. The fourth-order valence-corrected chi connectivity index (χ4v) is 1.81. The molecule has 2 aromatic carbocycles. The Morgan fingerprint density at radius 2 is 1.71 bits per heavy atom. The van der Waals surface area contributed by atoms with Crippen LogP contribution in [-0.2, 0) is 16.0 Å². The van der Waals surface area contributed by atoms with Crippen LogP contribution in [0.1, 0.15) is 5.56 Å². The summed E-state index contributed by atoms with van der Waals surface area (Å²) in [5, 5.41) is 14.4. The van der Waals surface area contributed by atoms with Gasteiger partial charge in [0, 0.05) is 11.8 Å². The van der Waals surface area contributed by atoms with Gasteiger partial charge in [0.25, 0.3) is 0 Å². The number of carbonyl (C=O) groups is 2. The Morgan fingerprint density at radius 1 is 0.952 bits per heavy atom. The van der Waals surface area contributed by atoms with Gasteiger partial charge < -0.3 is 15.7 Å². The molecular weight excluding hydrogens is 268 g/mol. The predicted molar refractivity (Wildman–Crippen MR) is 79.9 cm³/mol. The number of hydrogen-bond donors (Lipinski definition) is 3. The van der Waals surface area contributed by atoms with Gasteiger partial charge in [0.1, 0.15) is 5.75 Å². The van der Waals surface area contributed by atoms with E-state index in [1.807, 2.05) is 30.3 Å². The highest BCUT2D eigenvalue weighted by Crippen LogP contribution is 2.14. The van der Waals surface area contributed by atoms with Crippen molar-refractivity contribution in [1.82, 2.24) is 5.32 Å². The Kier molecular flexibility index (Phi) is 4.93. The lowest BCUT2D eigenvalue weighted by Gasteiger charge is -2.07. The Balaban J connectivity index is 1.77. The van der Waals surface area contributed by atoms with Crippen LogP contribution in [0.2, 0.25) is 0 Å². The molecule has 0 atom stereocenters. The van der Waals surface area contributed by atoms with Crippen molar-refractivity contribution in [2.45, 2.75) is 6.42 Å². The van der Waals surface area contributed by atoms with Crippen molar-refractivity contribution in [3.63, 3.8) is 0 Å². The zero-order valence-corrected chi connectivity index (χ0v) is 11.4. The number of nitrogens with one attached hydrogen (secondary N) is 2. The molecule has 0 heterocycles. The molecular formula is C16H16N2O3. The zero-order valence-electron chi connectivity index (χ0n) is 11.4. The second-order valence-corrected chi connectivity index (χ2v) is 4.54. The third-order valence-corrected chi connectivity index (χ3v) is 2.78. The molecule has 0 aliphatic heterocycles. The monoisotopic (exact) mass is 284 g/mol. The van der Waals surface area contributed by atoms with Crippen molar-refractivity contribution in [3.05, 3.63) is 60.2 Å². The van der Waals surface area contributed by atoms with Crippen LogP contribution in [0.3, 0.4) is 0 Å². The average Bonchev–Trinajstić information content (AvgIpc) is 2.46. The first-order valence-electron chi connectivity index (χ1n) is 6.53. The van der Waals surface area contributed by atoms with E-state index in [4.69, 9.17) is 0 Å². The highest BCUT2D eigenvalue weighted by atomic mass is 16.3. The summed E-state index contributed by atoms with van der Waals surface area (Å²) in [5.41, 5.74) is 1.38. The number of amides is 2. The van der Waals surface area contributed by atoms with Gasteiger partial charge in [-0.1, -0.05) is 36.4 Å². The van der Waals surface area contributed by atoms with Gasteiger partial charge in [-0.2, -0.15) is 0 Å². The van der Waals surface area contributed by atoms with Gasteiger partial charge in [0.15, 0.2) is 0 Å². The van der Waals surface area contributed by atoms with E-state index in [2.05, 4.69) is 10.6 Å². The van der Waals surface area contributed by atoms with Crippen LogP contribution in [0, 0.1) is 0 Å². The van der Waals surface area contributed by atoms with Crippen LogP contribution in [0.25, 0.3) is 0 Å². The van der Waals surface area contributed by atoms with Gasteiger partial charge in [-0.3, -0.25) is 9.59 Å². The standard InChI is InChI=1S/C16H16N2O3/c19-14-8-4-7-13(10-14)18-16(21)11-17-15(20)9-12-5-2-1-3-6-12/h1-8,10,19H,9,11H2,(H,17,20)(H,18,21). The molecule has 0 aromatic heterocycles. The number of hydrogen-bond acceptors (Lipinski definition) is 3. The maximum Gasteiger partial charge on any atom is 0.243 e. The summed E-state index contributed by atoms with van der Waals surface area (Å²) in [6, 6.07) is 15.5. The van der Waals surface area contributed by atoms with Gasteiger partial charge in [-0.15, -0.1) is 0 Å². The first-order chi connectivity index (χ1) is 10.1. The van der Waals surface area contributed by atoms with E-state index in [1.54, 1.807) is 12.1 Å². The third-order valence-electron chi connectivity index (χ3n) is 2.78. The molecule has 5 nitrogen and oxygen atoms in total. The summed E-state index contributed by atoms with van der Waals surface area (Å²) in [4.78, 5) is 23.4. The quantitative estimate of drug-likeness (QED) is 0.781. The van der Waals surface area contributed by atoms with E-state index in [1.165, 1.54) is 12.1 Å². The molecule has 0 aliphatic rings. The minimum Gasteiger partial charge on any atom is -0.508 e. The number of carbonyl (C=O) groups excluding carboxylic acids is 2. The van der Waals surface area contributed by atoms with Crippen molar-refractivity contribution >= 4 is 17.5 Å². The number of benzene rings is 2. The van der Waals surface area contributed by atoms with Crippen LogP contribution in [0.15, 0.2) is 54.6 Å².